The number of unbranched alkanes of at least 4 members (excludes halogenated alkanes) is 2. The predicted molar refractivity (Wildman–Crippen MR) is 94.5 cm³/mol. The Labute approximate surface area is 135 Å². The first-order chi connectivity index (χ1) is 10.7. The first kappa shape index (κ1) is 18.5. The highest BCUT2D eigenvalue weighted by Gasteiger charge is 2.05. The Morgan fingerprint density at radius 2 is 1.77 bits per heavy atom. The zero-order chi connectivity index (χ0) is 16.2. The van der Waals surface area contributed by atoms with Gasteiger partial charge in [0.05, 0.1) is 0 Å². The quantitative estimate of drug-likeness (QED) is 0.686. The molecule has 0 aliphatic heterocycles. The van der Waals surface area contributed by atoms with Crippen LogP contribution in [0.15, 0.2) is 24.3 Å². The van der Waals surface area contributed by atoms with Crippen LogP contribution in [0.25, 0.3) is 0 Å². The van der Waals surface area contributed by atoms with Gasteiger partial charge in [-0.15, -0.1) is 0 Å². The predicted octanol–water partition coefficient (Wildman–Crippen LogP) is 4.02. The van der Waals surface area contributed by atoms with Gasteiger partial charge in [-0.25, -0.2) is 4.79 Å². The highest BCUT2D eigenvalue weighted by Crippen LogP contribution is 2.08. The van der Waals surface area contributed by atoms with Crippen molar-refractivity contribution in [3.8, 4) is 0 Å². The maximum Gasteiger partial charge on any atom is 0.319 e. The van der Waals surface area contributed by atoms with E-state index in [0.29, 0.717) is 6.54 Å². The summed E-state index contributed by atoms with van der Waals surface area (Å²) in [5.41, 5.74) is 1.98. The first-order valence-electron chi connectivity index (χ1n) is 8.49. The number of amides is 2. The lowest BCUT2D eigenvalue weighted by Gasteiger charge is -2.22. The molecule has 1 rings (SSSR count). The Morgan fingerprint density at radius 1 is 1.09 bits per heavy atom. The molecular weight excluding hydrogens is 274 g/mol. The molecule has 0 aliphatic carbocycles. The van der Waals surface area contributed by atoms with Crippen LogP contribution >= 0.6 is 0 Å². The molecule has 0 atom stereocenters. The Hall–Kier alpha value is -1.55. The third kappa shape index (κ3) is 8.03. The normalized spacial score (nSPS) is 10.7. The third-order valence-corrected chi connectivity index (χ3v) is 3.65. The van der Waals surface area contributed by atoms with Gasteiger partial charge in [0.25, 0.3) is 0 Å². The number of nitrogens with one attached hydrogen (secondary N) is 2. The van der Waals surface area contributed by atoms with E-state index in [1.54, 1.807) is 0 Å². The summed E-state index contributed by atoms with van der Waals surface area (Å²) in [4.78, 5) is 14.3. The second-order valence-electron chi connectivity index (χ2n) is 5.80. The summed E-state index contributed by atoms with van der Waals surface area (Å²) in [5.74, 6) is 0. The molecule has 0 spiro atoms. The number of nitrogens with zero attached hydrogens (tertiary/aromatic N) is 1. The summed E-state index contributed by atoms with van der Waals surface area (Å²) < 4.78 is 0. The number of hydrogen-bond acceptors (Lipinski definition) is 2. The number of hydrogen-bond donors (Lipinski definition) is 2. The van der Waals surface area contributed by atoms with Crippen molar-refractivity contribution in [3.63, 3.8) is 0 Å². The average molecular weight is 305 g/mol. The lowest BCUT2D eigenvalue weighted by molar-refractivity contribution is 0.243. The van der Waals surface area contributed by atoms with Crippen molar-refractivity contribution in [2.24, 2.45) is 0 Å². The second kappa shape index (κ2) is 11.1. The molecule has 0 radical (unpaired) electrons. The monoisotopic (exact) mass is 305 g/mol. The number of carbonyl (C=O) groups excluding carboxylic acids is 1. The van der Waals surface area contributed by atoms with Crippen LogP contribution in [-0.4, -0.2) is 37.1 Å². The molecule has 0 fully saturated rings. The maximum absolute atomic E-state index is 11.9. The molecule has 4 heteroatoms. The molecule has 0 saturated heterocycles. The number of rotatable bonds is 10. The molecule has 4 nitrogen and oxygen atoms in total. The van der Waals surface area contributed by atoms with Crippen molar-refractivity contribution in [2.45, 2.75) is 46.5 Å². The fraction of sp³-hybridized carbons (Fsp3) is 0.611. The lowest BCUT2D eigenvalue weighted by atomic mass is 10.2. The minimum atomic E-state index is -0.128. The van der Waals surface area contributed by atoms with Gasteiger partial charge in [0, 0.05) is 18.8 Å². The third-order valence-electron chi connectivity index (χ3n) is 3.65. The fourth-order valence-corrected chi connectivity index (χ4v) is 2.32. The van der Waals surface area contributed by atoms with E-state index in [9.17, 15) is 4.79 Å². The van der Waals surface area contributed by atoms with Crippen LogP contribution in [-0.2, 0) is 0 Å². The molecule has 0 unspecified atom stereocenters. The summed E-state index contributed by atoms with van der Waals surface area (Å²) in [6, 6.07) is 7.71. The first-order valence-corrected chi connectivity index (χ1v) is 8.49. The van der Waals surface area contributed by atoms with Crippen LogP contribution in [0.3, 0.4) is 0 Å². The molecule has 22 heavy (non-hydrogen) atoms. The van der Waals surface area contributed by atoms with Crippen LogP contribution in [0.4, 0.5) is 10.5 Å². The van der Waals surface area contributed by atoms with Crippen molar-refractivity contribution >= 4 is 11.7 Å². The van der Waals surface area contributed by atoms with Gasteiger partial charge in [-0.3, -0.25) is 0 Å². The van der Waals surface area contributed by atoms with Crippen molar-refractivity contribution in [1.82, 2.24) is 10.2 Å². The van der Waals surface area contributed by atoms with Crippen LogP contribution in [0.2, 0.25) is 0 Å². The summed E-state index contributed by atoms with van der Waals surface area (Å²) in [7, 11) is 0. The molecule has 0 aromatic heterocycles. The van der Waals surface area contributed by atoms with E-state index >= 15 is 0 Å². The molecule has 0 saturated carbocycles. The Morgan fingerprint density at radius 3 is 2.36 bits per heavy atom. The molecule has 124 valence electrons. The highest BCUT2D eigenvalue weighted by molar-refractivity contribution is 5.89. The van der Waals surface area contributed by atoms with Crippen LogP contribution in [0.5, 0.6) is 0 Å². The summed E-state index contributed by atoms with van der Waals surface area (Å²) >= 11 is 0. The van der Waals surface area contributed by atoms with E-state index in [1.165, 1.54) is 25.7 Å². The number of urea groups is 1. The molecule has 2 N–H and O–H groups in total. The van der Waals surface area contributed by atoms with Gasteiger partial charge in [-0.2, -0.15) is 0 Å². The minimum absolute atomic E-state index is 0.128. The van der Waals surface area contributed by atoms with Gasteiger partial charge < -0.3 is 15.5 Å². The van der Waals surface area contributed by atoms with Crippen LogP contribution in [0, 0.1) is 6.92 Å². The molecular formula is C18H31N3O. The zero-order valence-electron chi connectivity index (χ0n) is 14.3. The molecule has 0 aliphatic rings. The number of benzene rings is 1. The van der Waals surface area contributed by atoms with Crippen molar-refractivity contribution in [1.29, 1.82) is 0 Å². The Balaban J connectivity index is 2.29. The lowest BCUT2D eigenvalue weighted by Crippen LogP contribution is -2.37. The van der Waals surface area contributed by atoms with Gasteiger partial charge in [-0.1, -0.05) is 38.8 Å². The topological polar surface area (TPSA) is 44.4 Å². The fourth-order valence-electron chi connectivity index (χ4n) is 2.32. The standard InChI is InChI=1S/C18H31N3O/c1-4-6-12-21(13-7-5-2)14-11-19-18(22)20-17-10-8-9-16(3)15-17/h8-10,15H,4-7,11-14H2,1-3H3,(H2,19,20,22). The van der Waals surface area contributed by atoms with Gasteiger partial charge in [-0.05, 0) is 50.6 Å². The largest absolute Gasteiger partial charge is 0.337 e. The van der Waals surface area contributed by atoms with Crippen molar-refractivity contribution < 1.29 is 4.79 Å². The van der Waals surface area contributed by atoms with E-state index in [-0.39, 0.29) is 6.03 Å². The number of aryl methyl sites for hydroxylation is 1. The van der Waals surface area contributed by atoms with Gasteiger partial charge in [0.1, 0.15) is 0 Å². The average Bonchev–Trinajstić information content (AvgIpc) is 2.49. The molecule has 1 aromatic rings. The number of anilines is 1. The maximum atomic E-state index is 11.9. The minimum Gasteiger partial charge on any atom is -0.337 e. The smallest absolute Gasteiger partial charge is 0.319 e. The highest BCUT2D eigenvalue weighted by atomic mass is 16.2. The molecule has 1 aromatic carbocycles. The van der Waals surface area contributed by atoms with Gasteiger partial charge >= 0.3 is 6.03 Å². The van der Waals surface area contributed by atoms with Crippen LogP contribution < -0.4 is 10.6 Å². The molecule has 0 heterocycles. The van der Waals surface area contributed by atoms with E-state index in [1.807, 2.05) is 31.2 Å². The summed E-state index contributed by atoms with van der Waals surface area (Å²) in [6.45, 7) is 10.3. The van der Waals surface area contributed by atoms with E-state index < -0.39 is 0 Å². The van der Waals surface area contributed by atoms with Gasteiger partial charge in [0.2, 0.25) is 0 Å². The number of carbonyl (C=O) groups is 1. The Bertz CT molecular complexity index is 426. The summed E-state index contributed by atoms with van der Waals surface area (Å²) in [5, 5.41) is 5.82. The van der Waals surface area contributed by atoms with Gasteiger partial charge in [0.15, 0.2) is 0 Å². The Kier molecular flexibility index (Phi) is 9.31. The summed E-state index contributed by atoms with van der Waals surface area (Å²) in [6.07, 6.45) is 4.87. The van der Waals surface area contributed by atoms with E-state index in [2.05, 4.69) is 29.4 Å². The second-order valence-corrected chi connectivity index (χ2v) is 5.80. The molecule has 2 amide bonds. The van der Waals surface area contributed by atoms with Crippen molar-refractivity contribution in [3.05, 3.63) is 29.8 Å². The van der Waals surface area contributed by atoms with E-state index in [4.69, 9.17) is 0 Å². The van der Waals surface area contributed by atoms with Crippen LogP contribution in [0.1, 0.15) is 45.1 Å². The molecule has 0 bridgehead atoms. The zero-order valence-corrected chi connectivity index (χ0v) is 14.3. The van der Waals surface area contributed by atoms with E-state index in [0.717, 1.165) is 30.9 Å². The van der Waals surface area contributed by atoms with Crippen molar-refractivity contribution in [2.75, 3.05) is 31.5 Å². The SMILES string of the molecule is CCCCN(CCCC)CCNC(=O)Nc1cccc(C)c1.